The summed E-state index contributed by atoms with van der Waals surface area (Å²) in [4.78, 5) is 22.7. The molecule has 0 bridgehead atoms. The molecular formula is C12H22O4Si. The zero-order valence-electron chi connectivity index (χ0n) is 11.0. The highest BCUT2D eigenvalue weighted by Gasteiger charge is 2.15. The Morgan fingerprint density at radius 3 is 2.18 bits per heavy atom. The van der Waals surface area contributed by atoms with E-state index in [1.54, 1.807) is 6.92 Å². The minimum atomic E-state index is -0.643. The van der Waals surface area contributed by atoms with Crippen LogP contribution in [0, 0.1) is 0 Å². The van der Waals surface area contributed by atoms with Gasteiger partial charge in [-0.2, -0.15) is 0 Å². The molecule has 0 N–H and O–H groups in total. The summed E-state index contributed by atoms with van der Waals surface area (Å²) < 4.78 is 10.8. The van der Waals surface area contributed by atoms with E-state index >= 15 is 0 Å². The van der Waals surface area contributed by atoms with Gasteiger partial charge in [0.1, 0.15) is 5.91 Å². The van der Waals surface area contributed by atoms with Gasteiger partial charge < -0.3 is 9.47 Å². The topological polar surface area (TPSA) is 52.6 Å². The number of hydrogen-bond acceptors (Lipinski definition) is 4. The summed E-state index contributed by atoms with van der Waals surface area (Å²) in [6.45, 7) is 10.1. The Hall–Kier alpha value is -0.783. The molecule has 0 aromatic rings. The lowest BCUT2D eigenvalue weighted by molar-refractivity contribution is -0.134. The molecule has 0 aromatic heterocycles. The second kappa shape index (κ2) is 9.27. The first-order chi connectivity index (χ1) is 8.02. The molecule has 0 aliphatic rings. The molecular weight excluding hydrogens is 236 g/mol. The van der Waals surface area contributed by atoms with E-state index in [-0.39, 0.29) is 18.1 Å². The van der Waals surface area contributed by atoms with Crippen molar-refractivity contribution < 1.29 is 19.1 Å². The van der Waals surface area contributed by atoms with Crippen LogP contribution in [0.2, 0.25) is 6.04 Å². The van der Waals surface area contributed by atoms with Crippen molar-refractivity contribution in [3.63, 3.8) is 0 Å². The van der Waals surface area contributed by atoms with Gasteiger partial charge in [0.05, 0.1) is 9.52 Å². The number of ketones is 2. The maximum atomic E-state index is 11.4. The van der Waals surface area contributed by atoms with E-state index in [0.29, 0.717) is 18.8 Å². The zero-order valence-corrected chi connectivity index (χ0v) is 12.4. The number of rotatable bonds is 10. The van der Waals surface area contributed by atoms with E-state index in [4.69, 9.17) is 9.47 Å². The molecule has 98 valence electrons. The molecule has 0 radical (unpaired) electrons. The van der Waals surface area contributed by atoms with Crippen molar-refractivity contribution in [2.45, 2.75) is 39.1 Å². The number of ether oxygens (including phenoxy) is 2. The monoisotopic (exact) mass is 258 g/mol. The molecule has 0 aromatic carbocycles. The summed E-state index contributed by atoms with van der Waals surface area (Å²) in [6.07, 6.45) is 0.286. The van der Waals surface area contributed by atoms with E-state index in [2.05, 4.69) is 6.58 Å². The van der Waals surface area contributed by atoms with Crippen molar-refractivity contribution in [1.29, 1.82) is 0 Å². The van der Waals surface area contributed by atoms with Crippen LogP contribution in [0.3, 0.4) is 0 Å². The summed E-state index contributed by atoms with van der Waals surface area (Å²) in [7, 11) is -0.643. The number of carbonyl (C=O) groups is 2. The second-order valence-corrected chi connectivity index (χ2v) is 5.72. The molecule has 0 saturated carbocycles. The minimum Gasteiger partial charge on any atom is -0.357 e. The first-order valence-electron chi connectivity index (χ1n) is 5.99. The lowest BCUT2D eigenvalue weighted by Crippen LogP contribution is -2.25. The Morgan fingerprint density at radius 1 is 1.24 bits per heavy atom. The maximum absolute atomic E-state index is 11.4. The Labute approximate surface area is 105 Å². The highest BCUT2D eigenvalue weighted by molar-refractivity contribution is 6.45. The van der Waals surface area contributed by atoms with Gasteiger partial charge in [-0.3, -0.25) is 9.59 Å². The van der Waals surface area contributed by atoms with Crippen LogP contribution < -0.4 is 0 Å². The van der Waals surface area contributed by atoms with Crippen molar-refractivity contribution in [2.75, 3.05) is 13.2 Å². The van der Waals surface area contributed by atoms with Crippen LogP contribution in [0.25, 0.3) is 0 Å². The van der Waals surface area contributed by atoms with Gasteiger partial charge in [-0.25, -0.2) is 0 Å². The molecule has 0 saturated heterocycles. The number of carbonyl (C=O) groups excluding carboxylic acids is 2. The van der Waals surface area contributed by atoms with E-state index in [1.807, 2.05) is 13.8 Å². The molecule has 0 aliphatic heterocycles. The zero-order chi connectivity index (χ0) is 13.3. The third-order valence-corrected chi connectivity index (χ3v) is 3.89. The normalized spacial score (nSPS) is 11.3. The molecule has 0 rings (SSSR count). The fraction of sp³-hybridized carbons (Fsp3) is 0.667. The summed E-state index contributed by atoms with van der Waals surface area (Å²) in [5.41, 5.74) is 0.308. The van der Waals surface area contributed by atoms with Gasteiger partial charge in [-0.15, -0.1) is 0 Å². The van der Waals surface area contributed by atoms with Crippen LogP contribution in [0.1, 0.15) is 27.2 Å². The Morgan fingerprint density at radius 2 is 1.76 bits per heavy atom. The van der Waals surface area contributed by atoms with Crippen molar-refractivity contribution in [3.8, 4) is 0 Å². The lowest BCUT2D eigenvalue weighted by atomic mass is 10.1. The highest BCUT2D eigenvalue weighted by atomic mass is 28.2. The van der Waals surface area contributed by atoms with Gasteiger partial charge in [-0.1, -0.05) is 12.6 Å². The Balaban J connectivity index is 3.91. The van der Waals surface area contributed by atoms with Gasteiger partial charge in [0.2, 0.25) is 11.6 Å². The largest absolute Gasteiger partial charge is 0.357 e. The molecule has 0 atom stereocenters. The molecule has 0 fully saturated rings. The van der Waals surface area contributed by atoms with Gasteiger partial charge in [0, 0.05) is 19.6 Å². The van der Waals surface area contributed by atoms with Crippen molar-refractivity contribution in [3.05, 3.63) is 12.2 Å². The van der Waals surface area contributed by atoms with Crippen LogP contribution in [-0.2, 0) is 19.1 Å². The average Bonchev–Trinajstić information content (AvgIpc) is 2.28. The molecule has 0 unspecified atom stereocenters. The molecule has 4 nitrogen and oxygen atoms in total. The van der Waals surface area contributed by atoms with Crippen LogP contribution in [0.4, 0.5) is 0 Å². The molecule has 17 heavy (non-hydrogen) atoms. The van der Waals surface area contributed by atoms with E-state index < -0.39 is 15.3 Å². The molecule has 0 aliphatic carbocycles. The Bertz CT molecular complexity index is 270. The average molecular weight is 258 g/mol. The first-order valence-corrected chi connectivity index (χ1v) is 7.80. The molecule has 0 heterocycles. The second-order valence-electron chi connectivity index (χ2n) is 3.77. The van der Waals surface area contributed by atoms with Gasteiger partial charge in [0.15, 0.2) is 0 Å². The first kappa shape index (κ1) is 16.2. The number of allylic oxidation sites excluding steroid dienone is 1. The smallest absolute Gasteiger partial charge is 0.223 e. The van der Waals surface area contributed by atoms with Crippen LogP contribution in [-0.4, -0.2) is 40.2 Å². The predicted octanol–water partition coefficient (Wildman–Crippen LogP) is 1.03. The van der Waals surface area contributed by atoms with Crippen molar-refractivity contribution >= 4 is 21.1 Å². The number of hydrogen-bond donors (Lipinski definition) is 0. The number of Topliss-reactive ketones (excluding diaryl/α,β-unsaturated/α-hetero) is 2. The molecule has 0 amide bonds. The SMILES string of the molecule is C=C(C)C(=O)C(=O)CC[SiH2]C(OCC)OCC. The summed E-state index contributed by atoms with van der Waals surface area (Å²) >= 11 is 0. The van der Waals surface area contributed by atoms with Gasteiger partial charge >= 0.3 is 0 Å². The van der Waals surface area contributed by atoms with Crippen LogP contribution in [0.5, 0.6) is 0 Å². The third-order valence-electron chi connectivity index (χ3n) is 2.19. The van der Waals surface area contributed by atoms with E-state index in [0.717, 1.165) is 6.04 Å². The van der Waals surface area contributed by atoms with Crippen LogP contribution in [0.15, 0.2) is 12.2 Å². The van der Waals surface area contributed by atoms with Crippen molar-refractivity contribution in [1.82, 2.24) is 0 Å². The summed E-state index contributed by atoms with van der Waals surface area (Å²) in [5.74, 6) is -0.946. The highest BCUT2D eigenvalue weighted by Crippen LogP contribution is 2.02. The minimum absolute atomic E-state index is 0.141. The fourth-order valence-corrected chi connectivity index (χ4v) is 3.03. The van der Waals surface area contributed by atoms with Gasteiger partial charge in [0.25, 0.3) is 0 Å². The summed E-state index contributed by atoms with van der Waals surface area (Å²) in [5, 5.41) is 0. The van der Waals surface area contributed by atoms with Gasteiger partial charge in [-0.05, 0) is 26.3 Å². The molecule has 5 heteroatoms. The Kier molecular flexibility index (Phi) is 8.84. The van der Waals surface area contributed by atoms with Crippen molar-refractivity contribution in [2.24, 2.45) is 0 Å². The lowest BCUT2D eigenvalue weighted by Gasteiger charge is -2.15. The fourth-order valence-electron chi connectivity index (χ4n) is 1.37. The third kappa shape index (κ3) is 7.20. The quantitative estimate of drug-likeness (QED) is 0.254. The maximum Gasteiger partial charge on any atom is 0.223 e. The predicted molar refractivity (Wildman–Crippen MR) is 69.8 cm³/mol. The molecule has 0 spiro atoms. The van der Waals surface area contributed by atoms with E-state index in [9.17, 15) is 9.59 Å². The van der Waals surface area contributed by atoms with Crippen LogP contribution >= 0.6 is 0 Å². The standard InChI is InChI=1S/C12H22O4Si/c1-5-15-12(16-6-2)17-8-7-10(13)11(14)9(3)4/h12H,3,5-8,17H2,1-2,4H3. The van der Waals surface area contributed by atoms with E-state index in [1.165, 1.54) is 0 Å². The summed E-state index contributed by atoms with van der Waals surface area (Å²) in [6, 6.07) is 0.725.